The first-order valence-electron chi connectivity index (χ1n) is 6.75. The first-order chi connectivity index (χ1) is 10.9. The van der Waals surface area contributed by atoms with E-state index in [-0.39, 0.29) is 17.4 Å². The van der Waals surface area contributed by atoms with Crippen molar-refractivity contribution in [3.05, 3.63) is 48.5 Å². The molecule has 1 N–H and O–H groups in total. The quantitative estimate of drug-likeness (QED) is 0.874. The van der Waals surface area contributed by atoms with E-state index in [4.69, 9.17) is 9.47 Å². The van der Waals surface area contributed by atoms with Gasteiger partial charge in [-0.1, -0.05) is 6.07 Å². The number of rotatable bonds is 6. The Hall–Kier alpha value is -2.54. The van der Waals surface area contributed by atoms with Gasteiger partial charge >= 0.3 is 0 Å². The number of sulfone groups is 1. The van der Waals surface area contributed by atoms with E-state index in [2.05, 4.69) is 5.32 Å². The van der Waals surface area contributed by atoms with Gasteiger partial charge in [-0.2, -0.15) is 0 Å². The van der Waals surface area contributed by atoms with Crippen molar-refractivity contribution in [2.45, 2.75) is 4.90 Å². The van der Waals surface area contributed by atoms with Crippen LogP contribution in [0.2, 0.25) is 0 Å². The molecule has 0 unspecified atom stereocenters. The van der Waals surface area contributed by atoms with Gasteiger partial charge in [0.1, 0.15) is 11.5 Å². The number of carbonyl (C=O) groups is 1. The zero-order valence-corrected chi connectivity index (χ0v) is 13.6. The molecular weight excluding hydrogens is 318 g/mol. The number of amides is 1. The van der Waals surface area contributed by atoms with Gasteiger partial charge in [0.25, 0.3) is 5.91 Å². The summed E-state index contributed by atoms with van der Waals surface area (Å²) in [4.78, 5) is 12.0. The topological polar surface area (TPSA) is 81.7 Å². The van der Waals surface area contributed by atoms with Crippen LogP contribution in [0.4, 0.5) is 5.69 Å². The molecule has 7 heteroatoms. The van der Waals surface area contributed by atoms with E-state index in [9.17, 15) is 13.2 Å². The predicted octanol–water partition coefficient (Wildman–Crippen LogP) is 2.12. The standard InChI is InChI=1S/C16H17NO5S/c1-21-13-6-8-14(9-7-13)22-11-16(18)17-12-4-3-5-15(10-12)23(2,19)20/h3-10H,11H2,1-2H3,(H,17,18). The van der Waals surface area contributed by atoms with Gasteiger partial charge in [-0.15, -0.1) is 0 Å². The van der Waals surface area contributed by atoms with E-state index in [0.29, 0.717) is 17.2 Å². The Morgan fingerprint density at radius 3 is 2.35 bits per heavy atom. The summed E-state index contributed by atoms with van der Waals surface area (Å²) < 4.78 is 33.4. The molecule has 0 atom stereocenters. The lowest BCUT2D eigenvalue weighted by molar-refractivity contribution is -0.118. The van der Waals surface area contributed by atoms with Crippen LogP contribution in [-0.4, -0.2) is 34.3 Å². The van der Waals surface area contributed by atoms with Crippen LogP contribution in [0.25, 0.3) is 0 Å². The summed E-state index contributed by atoms with van der Waals surface area (Å²) >= 11 is 0. The van der Waals surface area contributed by atoms with E-state index in [0.717, 1.165) is 6.26 Å². The normalized spacial score (nSPS) is 10.9. The third-order valence-corrected chi connectivity index (χ3v) is 4.09. The molecule has 0 aromatic heterocycles. The number of carbonyl (C=O) groups excluding carboxylic acids is 1. The summed E-state index contributed by atoms with van der Waals surface area (Å²) in [7, 11) is -1.75. The van der Waals surface area contributed by atoms with Crippen molar-refractivity contribution < 1.29 is 22.7 Å². The van der Waals surface area contributed by atoms with Crippen molar-refractivity contribution in [2.75, 3.05) is 25.3 Å². The fraction of sp³-hybridized carbons (Fsp3) is 0.188. The first kappa shape index (κ1) is 16.8. The highest BCUT2D eigenvalue weighted by Gasteiger charge is 2.09. The minimum Gasteiger partial charge on any atom is -0.497 e. The Labute approximate surface area is 135 Å². The van der Waals surface area contributed by atoms with Crippen LogP contribution in [0.5, 0.6) is 11.5 Å². The van der Waals surface area contributed by atoms with Crippen molar-refractivity contribution in [2.24, 2.45) is 0 Å². The molecule has 0 spiro atoms. The molecule has 2 rings (SSSR count). The second kappa shape index (κ2) is 7.15. The Kier molecular flexibility index (Phi) is 5.23. The van der Waals surface area contributed by atoms with Gasteiger partial charge in [-0.05, 0) is 42.5 Å². The molecule has 6 nitrogen and oxygen atoms in total. The second-order valence-corrected chi connectivity index (χ2v) is 6.83. The second-order valence-electron chi connectivity index (χ2n) is 4.81. The molecule has 0 aliphatic carbocycles. The fourth-order valence-electron chi connectivity index (χ4n) is 1.82. The lowest BCUT2D eigenvalue weighted by Gasteiger charge is -2.09. The number of benzene rings is 2. The van der Waals surface area contributed by atoms with E-state index >= 15 is 0 Å². The van der Waals surface area contributed by atoms with Crippen molar-refractivity contribution >= 4 is 21.4 Å². The monoisotopic (exact) mass is 335 g/mol. The largest absolute Gasteiger partial charge is 0.497 e. The van der Waals surface area contributed by atoms with Crippen LogP contribution in [-0.2, 0) is 14.6 Å². The average molecular weight is 335 g/mol. The molecule has 0 aliphatic rings. The summed E-state index contributed by atoms with van der Waals surface area (Å²) in [6.45, 7) is -0.185. The zero-order chi connectivity index (χ0) is 16.9. The van der Waals surface area contributed by atoms with E-state index < -0.39 is 9.84 Å². The zero-order valence-electron chi connectivity index (χ0n) is 12.8. The average Bonchev–Trinajstić information content (AvgIpc) is 2.53. The predicted molar refractivity (Wildman–Crippen MR) is 86.7 cm³/mol. The summed E-state index contributed by atoms with van der Waals surface area (Å²) in [5.41, 5.74) is 0.399. The number of methoxy groups -OCH3 is 1. The van der Waals surface area contributed by atoms with E-state index in [1.807, 2.05) is 0 Å². The summed E-state index contributed by atoms with van der Waals surface area (Å²) in [5, 5.41) is 2.59. The molecule has 0 fully saturated rings. The lowest BCUT2D eigenvalue weighted by Crippen LogP contribution is -2.20. The van der Waals surface area contributed by atoms with Crippen LogP contribution < -0.4 is 14.8 Å². The van der Waals surface area contributed by atoms with Crippen LogP contribution in [0.1, 0.15) is 0 Å². The number of hydrogen-bond acceptors (Lipinski definition) is 5. The Bertz CT molecular complexity index is 784. The van der Waals surface area contributed by atoms with Crippen molar-refractivity contribution in [3.8, 4) is 11.5 Å². The van der Waals surface area contributed by atoms with Gasteiger partial charge in [-0.25, -0.2) is 8.42 Å². The third kappa shape index (κ3) is 5.00. The van der Waals surface area contributed by atoms with Gasteiger partial charge < -0.3 is 14.8 Å². The van der Waals surface area contributed by atoms with Crippen molar-refractivity contribution in [1.29, 1.82) is 0 Å². The van der Waals surface area contributed by atoms with Gasteiger partial charge in [0.15, 0.2) is 16.4 Å². The number of anilines is 1. The van der Waals surface area contributed by atoms with E-state index in [1.165, 1.54) is 12.1 Å². The maximum Gasteiger partial charge on any atom is 0.262 e. The molecule has 0 aliphatic heterocycles. The molecule has 0 bridgehead atoms. The maximum atomic E-state index is 11.9. The van der Waals surface area contributed by atoms with Gasteiger partial charge in [0.05, 0.1) is 12.0 Å². The molecule has 23 heavy (non-hydrogen) atoms. The molecule has 0 saturated heterocycles. The highest BCUT2D eigenvalue weighted by molar-refractivity contribution is 7.90. The molecule has 1 amide bonds. The number of ether oxygens (including phenoxy) is 2. The summed E-state index contributed by atoms with van der Waals surface area (Å²) in [6.07, 6.45) is 1.11. The number of nitrogens with one attached hydrogen (secondary N) is 1. The highest BCUT2D eigenvalue weighted by Crippen LogP contribution is 2.18. The van der Waals surface area contributed by atoms with Crippen molar-refractivity contribution in [1.82, 2.24) is 0 Å². The number of hydrogen-bond donors (Lipinski definition) is 1. The van der Waals surface area contributed by atoms with Gasteiger partial charge in [0.2, 0.25) is 0 Å². The van der Waals surface area contributed by atoms with Crippen LogP contribution >= 0.6 is 0 Å². The maximum absolute atomic E-state index is 11.9. The molecule has 2 aromatic rings. The van der Waals surface area contributed by atoms with Crippen LogP contribution in [0.15, 0.2) is 53.4 Å². The minimum absolute atomic E-state index is 0.145. The Morgan fingerprint density at radius 2 is 1.74 bits per heavy atom. The molecule has 0 saturated carbocycles. The molecule has 122 valence electrons. The smallest absolute Gasteiger partial charge is 0.262 e. The molecule has 0 radical (unpaired) electrons. The minimum atomic E-state index is -3.32. The lowest BCUT2D eigenvalue weighted by atomic mass is 10.3. The van der Waals surface area contributed by atoms with Crippen LogP contribution in [0.3, 0.4) is 0 Å². The molecule has 2 aromatic carbocycles. The molecular formula is C16H17NO5S. The summed E-state index contributed by atoms with van der Waals surface area (Å²) in [6, 6.07) is 12.9. The fourth-order valence-corrected chi connectivity index (χ4v) is 2.49. The van der Waals surface area contributed by atoms with Gasteiger partial charge in [0, 0.05) is 11.9 Å². The SMILES string of the molecule is COc1ccc(OCC(=O)Nc2cccc(S(C)(=O)=O)c2)cc1. The Balaban J connectivity index is 1.94. The third-order valence-electron chi connectivity index (χ3n) is 2.98. The highest BCUT2D eigenvalue weighted by atomic mass is 32.2. The Morgan fingerprint density at radius 1 is 1.09 bits per heavy atom. The first-order valence-corrected chi connectivity index (χ1v) is 8.64. The van der Waals surface area contributed by atoms with Crippen LogP contribution in [0, 0.1) is 0 Å². The van der Waals surface area contributed by atoms with Gasteiger partial charge in [-0.3, -0.25) is 4.79 Å². The summed E-state index contributed by atoms with van der Waals surface area (Å²) in [5.74, 6) is 0.844. The molecule has 0 heterocycles. The van der Waals surface area contributed by atoms with E-state index in [1.54, 1.807) is 43.5 Å². The van der Waals surface area contributed by atoms with Crippen molar-refractivity contribution in [3.63, 3.8) is 0 Å².